The first kappa shape index (κ1) is 20.7. The van der Waals surface area contributed by atoms with Crippen molar-refractivity contribution in [1.29, 1.82) is 0 Å². The summed E-state index contributed by atoms with van der Waals surface area (Å²) in [4.78, 5) is 26.1. The average Bonchev–Trinajstić information content (AvgIpc) is 3.49. The monoisotopic (exact) mass is 425 g/mol. The van der Waals surface area contributed by atoms with Gasteiger partial charge in [0.15, 0.2) is 0 Å². The van der Waals surface area contributed by atoms with Gasteiger partial charge in [0, 0.05) is 43.2 Å². The molecule has 1 aliphatic heterocycles. The fraction of sp³-hybridized carbons (Fsp3) is 0.455. The summed E-state index contributed by atoms with van der Waals surface area (Å²) in [6, 6.07) is 1.95. The second-order valence-corrected chi connectivity index (χ2v) is 8.86. The van der Waals surface area contributed by atoms with Gasteiger partial charge in [-0.2, -0.15) is 0 Å². The zero-order valence-corrected chi connectivity index (χ0v) is 18.4. The molecule has 158 valence electrons. The largest absolute Gasteiger partial charge is 0.376 e. The van der Waals surface area contributed by atoms with Gasteiger partial charge in [-0.05, 0) is 31.7 Å². The van der Waals surface area contributed by atoms with E-state index in [1.807, 2.05) is 18.4 Å². The van der Waals surface area contributed by atoms with Gasteiger partial charge in [-0.3, -0.25) is 14.8 Å². The molecule has 0 aromatic carbocycles. The van der Waals surface area contributed by atoms with Crippen LogP contribution in [0.15, 0.2) is 30.0 Å². The average molecular weight is 426 g/mol. The number of carbonyl (C=O) groups excluding carboxylic acids is 1. The van der Waals surface area contributed by atoms with E-state index >= 15 is 0 Å². The predicted octanol–water partition coefficient (Wildman–Crippen LogP) is 3.94. The topological polar surface area (TPSA) is 81.9 Å². The van der Waals surface area contributed by atoms with Crippen molar-refractivity contribution in [2.75, 3.05) is 13.2 Å². The van der Waals surface area contributed by atoms with Crippen LogP contribution in [-0.2, 0) is 11.3 Å². The van der Waals surface area contributed by atoms with E-state index in [0.29, 0.717) is 18.0 Å². The summed E-state index contributed by atoms with van der Waals surface area (Å²) in [7, 11) is 0. The van der Waals surface area contributed by atoms with Crippen LogP contribution in [0.2, 0.25) is 0 Å². The van der Waals surface area contributed by atoms with Gasteiger partial charge in [0.2, 0.25) is 0 Å². The maximum absolute atomic E-state index is 12.8. The minimum absolute atomic E-state index is 0.0436. The molecule has 4 heterocycles. The van der Waals surface area contributed by atoms with Crippen molar-refractivity contribution in [1.82, 2.24) is 24.8 Å². The standard InChI is InChI=1S/C22H27N5O2S/c1-14(2)10-25-21(28)17-9-20(27(15(17)3)12-16-5-4-8-29-16)19-13-30-22(26-19)18-11-23-6-7-24-18/h6-7,9,11,13-14,16H,4-5,8,10,12H2,1-3H3,(H,25,28). The third-order valence-electron chi connectivity index (χ3n) is 5.24. The van der Waals surface area contributed by atoms with E-state index in [0.717, 1.165) is 53.8 Å². The molecule has 1 fully saturated rings. The predicted molar refractivity (Wildman–Crippen MR) is 117 cm³/mol. The van der Waals surface area contributed by atoms with Gasteiger partial charge in [-0.25, -0.2) is 4.98 Å². The van der Waals surface area contributed by atoms with Crippen LogP contribution in [0.25, 0.3) is 22.1 Å². The van der Waals surface area contributed by atoms with E-state index in [2.05, 4.69) is 33.7 Å². The molecule has 4 rings (SSSR count). The summed E-state index contributed by atoms with van der Waals surface area (Å²) < 4.78 is 8.04. The van der Waals surface area contributed by atoms with Crippen molar-refractivity contribution in [2.45, 2.75) is 46.3 Å². The van der Waals surface area contributed by atoms with Gasteiger partial charge < -0.3 is 14.6 Å². The fourth-order valence-corrected chi connectivity index (χ4v) is 4.40. The highest BCUT2D eigenvalue weighted by molar-refractivity contribution is 7.13. The molecule has 0 bridgehead atoms. The lowest BCUT2D eigenvalue weighted by Crippen LogP contribution is -2.27. The van der Waals surface area contributed by atoms with Crippen LogP contribution in [0.5, 0.6) is 0 Å². The number of carbonyl (C=O) groups is 1. The SMILES string of the molecule is Cc1c(C(=O)NCC(C)C)cc(-c2csc(-c3cnccn3)n2)n1CC1CCCO1. The fourth-order valence-electron chi connectivity index (χ4n) is 3.63. The van der Waals surface area contributed by atoms with Gasteiger partial charge in [-0.1, -0.05) is 13.8 Å². The Morgan fingerprint density at radius 3 is 2.93 bits per heavy atom. The van der Waals surface area contributed by atoms with Crippen molar-refractivity contribution in [2.24, 2.45) is 5.92 Å². The molecule has 8 heteroatoms. The maximum atomic E-state index is 12.8. The minimum Gasteiger partial charge on any atom is -0.376 e. The highest BCUT2D eigenvalue weighted by atomic mass is 32.1. The molecular formula is C22H27N5O2S. The molecule has 1 atom stereocenters. The van der Waals surface area contributed by atoms with E-state index in [9.17, 15) is 4.79 Å². The second kappa shape index (κ2) is 9.06. The molecule has 30 heavy (non-hydrogen) atoms. The van der Waals surface area contributed by atoms with E-state index in [-0.39, 0.29) is 12.0 Å². The van der Waals surface area contributed by atoms with E-state index < -0.39 is 0 Å². The van der Waals surface area contributed by atoms with Crippen LogP contribution in [0.3, 0.4) is 0 Å². The minimum atomic E-state index is -0.0436. The molecule has 0 aliphatic carbocycles. The van der Waals surface area contributed by atoms with Gasteiger partial charge in [-0.15, -0.1) is 11.3 Å². The highest BCUT2D eigenvalue weighted by Crippen LogP contribution is 2.31. The van der Waals surface area contributed by atoms with E-state index in [1.54, 1.807) is 18.6 Å². The zero-order chi connectivity index (χ0) is 21.1. The summed E-state index contributed by atoms with van der Waals surface area (Å²) in [5, 5.41) is 5.86. The molecule has 0 radical (unpaired) electrons. The number of ether oxygens (including phenoxy) is 1. The van der Waals surface area contributed by atoms with Crippen molar-refractivity contribution in [3.05, 3.63) is 41.3 Å². The Bertz CT molecular complexity index is 1010. The van der Waals surface area contributed by atoms with Crippen molar-refractivity contribution in [3.63, 3.8) is 0 Å². The quantitative estimate of drug-likeness (QED) is 0.620. The van der Waals surface area contributed by atoms with Crippen LogP contribution in [-0.4, -0.2) is 44.7 Å². The summed E-state index contributed by atoms with van der Waals surface area (Å²) in [5.41, 5.74) is 4.15. The van der Waals surface area contributed by atoms with Crippen LogP contribution >= 0.6 is 11.3 Å². The van der Waals surface area contributed by atoms with Gasteiger partial charge in [0.05, 0.1) is 29.3 Å². The Hall–Kier alpha value is -2.58. The van der Waals surface area contributed by atoms with Gasteiger partial charge in [0.1, 0.15) is 10.7 Å². The number of rotatable bonds is 7. The van der Waals surface area contributed by atoms with Crippen molar-refractivity contribution in [3.8, 4) is 22.1 Å². The summed E-state index contributed by atoms with van der Waals surface area (Å²) >= 11 is 1.53. The molecule has 0 spiro atoms. The second-order valence-electron chi connectivity index (χ2n) is 8.01. The van der Waals surface area contributed by atoms with Crippen LogP contribution in [0.4, 0.5) is 0 Å². The summed E-state index contributed by atoms with van der Waals surface area (Å²) in [6.07, 6.45) is 7.31. The zero-order valence-electron chi connectivity index (χ0n) is 17.6. The molecule has 1 amide bonds. The molecule has 0 saturated carbocycles. The number of aromatic nitrogens is 4. The van der Waals surface area contributed by atoms with Gasteiger partial charge in [0.25, 0.3) is 5.91 Å². The smallest absolute Gasteiger partial charge is 0.253 e. The molecule has 3 aromatic heterocycles. The Balaban J connectivity index is 1.69. The molecular weight excluding hydrogens is 398 g/mol. The third-order valence-corrected chi connectivity index (χ3v) is 6.11. The first-order chi connectivity index (χ1) is 14.5. The normalized spacial score (nSPS) is 16.3. The molecule has 7 nitrogen and oxygen atoms in total. The number of amides is 1. The van der Waals surface area contributed by atoms with E-state index in [1.165, 1.54) is 11.3 Å². The lowest BCUT2D eigenvalue weighted by atomic mass is 10.2. The van der Waals surface area contributed by atoms with Crippen LogP contribution in [0, 0.1) is 12.8 Å². The Morgan fingerprint density at radius 1 is 1.37 bits per heavy atom. The number of thiazole rings is 1. The lowest BCUT2D eigenvalue weighted by molar-refractivity contribution is 0.0938. The van der Waals surface area contributed by atoms with Crippen molar-refractivity contribution >= 4 is 17.2 Å². The number of hydrogen-bond donors (Lipinski definition) is 1. The van der Waals surface area contributed by atoms with Crippen LogP contribution in [0.1, 0.15) is 42.7 Å². The third kappa shape index (κ3) is 4.44. The Kier molecular flexibility index (Phi) is 6.24. The first-order valence-electron chi connectivity index (χ1n) is 10.3. The molecule has 1 aliphatic rings. The summed E-state index contributed by atoms with van der Waals surface area (Å²) in [6.45, 7) is 8.35. The Labute approximate surface area is 180 Å². The van der Waals surface area contributed by atoms with Gasteiger partial charge >= 0.3 is 0 Å². The maximum Gasteiger partial charge on any atom is 0.253 e. The van der Waals surface area contributed by atoms with E-state index in [4.69, 9.17) is 9.72 Å². The number of nitrogens with zero attached hydrogens (tertiary/aromatic N) is 4. The first-order valence-corrected chi connectivity index (χ1v) is 11.2. The molecule has 1 N–H and O–H groups in total. The van der Waals surface area contributed by atoms with Crippen molar-refractivity contribution < 1.29 is 9.53 Å². The molecule has 1 saturated heterocycles. The number of nitrogens with one attached hydrogen (secondary N) is 1. The Morgan fingerprint density at radius 2 is 2.23 bits per heavy atom. The highest BCUT2D eigenvalue weighted by Gasteiger charge is 2.24. The molecule has 3 aromatic rings. The summed E-state index contributed by atoms with van der Waals surface area (Å²) in [5.74, 6) is 0.355. The lowest BCUT2D eigenvalue weighted by Gasteiger charge is -2.15. The number of hydrogen-bond acceptors (Lipinski definition) is 6. The van der Waals surface area contributed by atoms with Crippen LogP contribution < -0.4 is 5.32 Å². The molecule has 1 unspecified atom stereocenters.